The first kappa shape index (κ1) is 13.8. The van der Waals surface area contributed by atoms with Crippen LogP contribution in [0.3, 0.4) is 0 Å². The number of nitriles is 1. The molecule has 94 valence electrons. The van der Waals surface area contributed by atoms with Gasteiger partial charge in [-0.2, -0.15) is 5.26 Å². The van der Waals surface area contributed by atoms with Gasteiger partial charge in [-0.25, -0.2) is 4.39 Å². The third-order valence-corrected chi connectivity index (χ3v) is 3.23. The van der Waals surface area contributed by atoms with Gasteiger partial charge >= 0.3 is 0 Å². The molecule has 2 aromatic rings. The van der Waals surface area contributed by atoms with E-state index < -0.39 is 5.82 Å². The highest BCUT2D eigenvalue weighted by Crippen LogP contribution is 2.24. The van der Waals surface area contributed by atoms with Crippen molar-refractivity contribution in [2.24, 2.45) is 0 Å². The van der Waals surface area contributed by atoms with Crippen LogP contribution in [-0.4, -0.2) is 0 Å². The maximum Gasteiger partial charge on any atom is 0.133 e. The highest BCUT2D eigenvalue weighted by atomic mass is 79.9. The number of nitrogens with zero attached hydrogens (tertiary/aromatic N) is 1. The third kappa shape index (κ3) is 3.44. The first-order valence-electron chi connectivity index (χ1n) is 5.43. The lowest BCUT2D eigenvalue weighted by Crippen LogP contribution is -1.88. The molecule has 0 saturated carbocycles. The minimum Gasteiger partial charge on any atom is -0.206 e. The Morgan fingerprint density at radius 2 is 2.05 bits per heavy atom. The Balaban J connectivity index is 2.48. The summed E-state index contributed by atoms with van der Waals surface area (Å²) in [4.78, 5) is 0. The number of hydrogen-bond donors (Lipinski definition) is 0. The van der Waals surface area contributed by atoms with Crippen LogP contribution in [0.2, 0.25) is 5.02 Å². The Kier molecular flexibility index (Phi) is 4.36. The number of allylic oxidation sites excluding steroid dienone is 1. The molecule has 0 unspecified atom stereocenters. The van der Waals surface area contributed by atoms with Crippen molar-refractivity contribution < 1.29 is 4.39 Å². The molecule has 0 bridgehead atoms. The van der Waals surface area contributed by atoms with E-state index in [1.165, 1.54) is 12.1 Å². The Morgan fingerprint density at radius 1 is 1.26 bits per heavy atom. The Labute approximate surface area is 124 Å². The molecule has 0 N–H and O–H groups in total. The molecule has 0 atom stereocenters. The van der Waals surface area contributed by atoms with Gasteiger partial charge in [-0.1, -0.05) is 39.7 Å². The summed E-state index contributed by atoms with van der Waals surface area (Å²) in [6.07, 6.45) is 1.64. The first-order valence-corrected chi connectivity index (χ1v) is 6.60. The molecule has 0 heterocycles. The molecular formula is C15H8BrClFN. The Hall–Kier alpha value is -1.63. The Morgan fingerprint density at radius 3 is 2.68 bits per heavy atom. The van der Waals surface area contributed by atoms with E-state index >= 15 is 0 Å². The lowest BCUT2D eigenvalue weighted by Gasteiger charge is -2.02. The molecule has 0 fully saturated rings. The molecule has 4 heteroatoms. The van der Waals surface area contributed by atoms with Gasteiger partial charge in [-0.05, 0) is 42.0 Å². The summed E-state index contributed by atoms with van der Waals surface area (Å²) in [7, 11) is 0. The number of benzene rings is 2. The minimum absolute atomic E-state index is 0.242. The standard InChI is InChI=1S/C15H8BrClFN/c16-12-3-1-2-10(7-12)6-11(9-19)14-5-4-13(17)8-15(14)18/h1-8H/b11-6+. The van der Waals surface area contributed by atoms with Gasteiger partial charge in [0.15, 0.2) is 0 Å². The molecule has 0 spiro atoms. The highest BCUT2D eigenvalue weighted by molar-refractivity contribution is 9.10. The largest absolute Gasteiger partial charge is 0.206 e. The van der Waals surface area contributed by atoms with E-state index in [1.54, 1.807) is 12.1 Å². The number of hydrogen-bond acceptors (Lipinski definition) is 1. The summed E-state index contributed by atoms with van der Waals surface area (Å²) in [5, 5.41) is 9.48. The van der Waals surface area contributed by atoms with E-state index in [4.69, 9.17) is 11.6 Å². The molecule has 0 saturated heterocycles. The molecule has 0 amide bonds. The van der Waals surface area contributed by atoms with Gasteiger partial charge in [-0.3, -0.25) is 0 Å². The highest BCUT2D eigenvalue weighted by Gasteiger charge is 2.08. The van der Waals surface area contributed by atoms with E-state index in [9.17, 15) is 9.65 Å². The van der Waals surface area contributed by atoms with Gasteiger partial charge < -0.3 is 0 Å². The van der Waals surface area contributed by atoms with E-state index in [1.807, 2.05) is 30.3 Å². The zero-order valence-corrected chi connectivity index (χ0v) is 12.0. The van der Waals surface area contributed by atoms with Crippen molar-refractivity contribution in [3.63, 3.8) is 0 Å². The summed E-state index contributed by atoms with van der Waals surface area (Å²) in [5.74, 6) is -0.504. The zero-order chi connectivity index (χ0) is 13.8. The monoisotopic (exact) mass is 335 g/mol. The van der Waals surface area contributed by atoms with Gasteiger partial charge in [0, 0.05) is 15.1 Å². The van der Waals surface area contributed by atoms with E-state index in [2.05, 4.69) is 15.9 Å². The molecular weight excluding hydrogens is 329 g/mol. The number of rotatable bonds is 2. The summed E-state index contributed by atoms with van der Waals surface area (Å²) >= 11 is 9.05. The lowest BCUT2D eigenvalue weighted by atomic mass is 10.0. The average molecular weight is 337 g/mol. The molecule has 2 aromatic carbocycles. The molecule has 0 aromatic heterocycles. The van der Waals surface area contributed by atoms with Gasteiger partial charge in [0.1, 0.15) is 5.82 Å². The van der Waals surface area contributed by atoms with Gasteiger partial charge in [-0.15, -0.1) is 0 Å². The van der Waals surface area contributed by atoms with Crippen LogP contribution in [0, 0.1) is 17.1 Å². The van der Waals surface area contributed by atoms with E-state index in [0.29, 0.717) is 5.02 Å². The van der Waals surface area contributed by atoms with Crippen molar-refractivity contribution in [3.05, 3.63) is 68.9 Å². The SMILES string of the molecule is N#C/C(=C\c1cccc(Br)c1)c1ccc(Cl)cc1F. The van der Waals surface area contributed by atoms with Crippen molar-refractivity contribution in [1.29, 1.82) is 5.26 Å². The second-order valence-corrected chi connectivity index (χ2v) is 5.20. The van der Waals surface area contributed by atoms with Gasteiger partial charge in [0.05, 0.1) is 11.6 Å². The van der Waals surface area contributed by atoms with Crippen LogP contribution < -0.4 is 0 Å². The summed E-state index contributed by atoms with van der Waals surface area (Å²) in [5.41, 5.74) is 1.32. The summed E-state index contributed by atoms with van der Waals surface area (Å²) in [6, 6.07) is 13.7. The van der Waals surface area contributed by atoms with E-state index in [0.717, 1.165) is 10.0 Å². The van der Waals surface area contributed by atoms with Crippen LogP contribution in [0.4, 0.5) is 4.39 Å². The summed E-state index contributed by atoms with van der Waals surface area (Å²) in [6.45, 7) is 0. The van der Waals surface area contributed by atoms with Crippen LogP contribution in [0.25, 0.3) is 11.6 Å². The first-order chi connectivity index (χ1) is 9.10. The minimum atomic E-state index is -0.504. The van der Waals surface area contributed by atoms with Crippen molar-refractivity contribution in [3.8, 4) is 6.07 Å². The molecule has 0 aliphatic heterocycles. The van der Waals surface area contributed by atoms with Crippen LogP contribution in [0.15, 0.2) is 46.9 Å². The normalized spacial score (nSPS) is 11.2. The predicted molar refractivity (Wildman–Crippen MR) is 79.0 cm³/mol. The van der Waals surface area contributed by atoms with Crippen molar-refractivity contribution >= 4 is 39.2 Å². The molecule has 0 aliphatic rings. The Bertz CT molecular complexity index is 689. The fourth-order valence-electron chi connectivity index (χ4n) is 1.64. The van der Waals surface area contributed by atoms with Crippen LogP contribution >= 0.6 is 27.5 Å². The molecule has 0 aliphatic carbocycles. The molecule has 19 heavy (non-hydrogen) atoms. The van der Waals surface area contributed by atoms with Crippen LogP contribution in [0.1, 0.15) is 11.1 Å². The van der Waals surface area contributed by atoms with Crippen molar-refractivity contribution in [2.45, 2.75) is 0 Å². The van der Waals surface area contributed by atoms with E-state index in [-0.39, 0.29) is 11.1 Å². The van der Waals surface area contributed by atoms with Crippen molar-refractivity contribution in [1.82, 2.24) is 0 Å². The smallest absolute Gasteiger partial charge is 0.133 e. The average Bonchev–Trinajstić information content (AvgIpc) is 2.37. The fourth-order valence-corrected chi connectivity index (χ4v) is 2.22. The third-order valence-electron chi connectivity index (χ3n) is 2.50. The fraction of sp³-hybridized carbons (Fsp3) is 0. The maximum atomic E-state index is 13.8. The second-order valence-electron chi connectivity index (χ2n) is 3.85. The predicted octanol–water partition coefficient (Wildman–Crippen LogP) is 5.31. The summed E-state index contributed by atoms with van der Waals surface area (Å²) < 4.78 is 14.7. The number of halogens is 3. The second kappa shape index (κ2) is 6.01. The van der Waals surface area contributed by atoms with Crippen molar-refractivity contribution in [2.75, 3.05) is 0 Å². The maximum absolute atomic E-state index is 13.8. The van der Waals surface area contributed by atoms with Crippen LogP contribution in [-0.2, 0) is 0 Å². The lowest BCUT2D eigenvalue weighted by molar-refractivity contribution is 0.624. The van der Waals surface area contributed by atoms with Crippen LogP contribution in [0.5, 0.6) is 0 Å². The topological polar surface area (TPSA) is 23.8 Å². The molecule has 2 rings (SSSR count). The zero-order valence-electron chi connectivity index (χ0n) is 9.70. The van der Waals surface area contributed by atoms with Gasteiger partial charge in [0.25, 0.3) is 0 Å². The molecule has 0 radical (unpaired) electrons. The van der Waals surface area contributed by atoms with Gasteiger partial charge in [0.2, 0.25) is 0 Å². The quantitative estimate of drug-likeness (QED) is 0.539. The molecule has 1 nitrogen and oxygen atoms in total.